The predicted molar refractivity (Wildman–Crippen MR) is 48.4 cm³/mol. The lowest BCUT2D eigenvalue weighted by Crippen LogP contribution is -2.18. The quantitative estimate of drug-likeness (QED) is 0.714. The highest BCUT2D eigenvalue weighted by atomic mass is 16.5. The number of carbonyl (C=O) groups is 1. The lowest BCUT2D eigenvalue weighted by atomic mass is 10.4. The standard InChI is InChI=1S/C8H13N3O2/c1-6-5-8(13-11-6)10-7(12)3-4-9-2/h5,9H,3-4H2,1-2H3,(H,10,12). The fraction of sp³-hybridized carbons (Fsp3) is 0.500. The van der Waals surface area contributed by atoms with E-state index >= 15 is 0 Å². The van der Waals surface area contributed by atoms with Gasteiger partial charge < -0.3 is 9.84 Å². The van der Waals surface area contributed by atoms with Gasteiger partial charge in [-0.2, -0.15) is 0 Å². The van der Waals surface area contributed by atoms with Gasteiger partial charge in [0.2, 0.25) is 11.8 Å². The molecule has 1 rings (SSSR count). The number of rotatable bonds is 4. The van der Waals surface area contributed by atoms with E-state index in [1.54, 1.807) is 20.0 Å². The molecule has 1 amide bonds. The second-order valence-corrected chi connectivity index (χ2v) is 2.73. The van der Waals surface area contributed by atoms with Gasteiger partial charge in [0.15, 0.2) is 0 Å². The molecule has 13 heavy (non-hydrogen) atoms. The van der Waals surface area contributed by atoms with Crippen molar-refractivity contribution in [1.29, 1.82) is 0 Å². The SMILES string of the molecule is CNCCC(=O)Nc1cc(C)no1. The Balaban J connectivity index is 2.36. The third kappa shape index (κ3) is 3.25. The van der Waals surface area contributed by atoms with Crippen LogP contribution in [-0.2, 0) is 4.79 Å². The zero-order valence-electron chi connectivity index (χ0n) is 7.76. The third-order valence-electron chi connectivity index (χ3n) is 1.49. The van der Waals surface area contributed by atoms with Crippen LogP contribution >= 0.6 is 0 Å². The fourth-order valence-corrected chi connectivity index (χ4v) is 0.861. The normalized spacial score (nSPS) is 10.0. The van der Waals surface area contributed by atoms with E-state index in [4.69, 9.17) is 4.52 Å². The number of carbonyl (C=O) groups excluding carboxylic acids is 1. The summed E-state index contributed by atoms with van der Waals surface area (Å²) in [6, 6.07) is 1.68. The van der Waals surface area contributed by atoms with Crippen molar-refractivity contribution in [2.75, 3.05) is 18.9 Å². The van der Waals surface area contributed by atoms with E-state index in [2.05, 4.69) is 15.8 Å². The number of nitrogens with one attached hydrogen (secondary N) is 2. The molecule has 0 aliphatic rings. The summed E-state index contributed by atoms with van der Waals surface area (Å²) in [6.45, 7) is 2.45. The van der Waals surface area contributed by atoms with Crippen molar-refractivity contribution >= 4 is 11.8 Å². The van der Waals surface area contributed by atoms with Crippen LogP contribution in [-0.4, -0.2) is 24.7 Å². The number of hydrogen-bond acceptors (Lipinski definition) is 4. The van der Waals surface area contributed by atoms with Crippen LogP contribution in [0.4, 0.5) is 5.88 Å². The first-order valence-corrected chi connectivity index (χ1v) is 4.10. The van der Waals surface area contributed by atoms with Gasteiger partial charge in [-0.3, -0.25) is 10.1 Å². The number of aryl methyl sites for hydroxylation is 1. The summed E-state index contributed by atoms with van der Waals surface area (Å²) in [4.78, 5) is 11.1. The first-order chi connectivity index (χ1) is 6.22. The van der Waals surface area contributed by atoms with Gasteiger partial charge in [-0.25, -0.2) is 0 Å². The molecule has 0 aromatic carbocycles. The average molecular weight is 183 g/mol. The maximum absolute atomic E-state index is 11.1. The Bertz CT molecular complexity index is 283. The Morgan fingerprint density at radius 2 is 2.46 bits per heavy atom. The lowest BCUT2D eigenvalue weighted by molar-refractivity contribution is -0.116. The van der Waals surface area contributed by atoms with Crippen LogP contribution in [0, 0.1) is 6.92 Å². The van der Waals surface area contributed by atoms with Gasteiger partial charge in [0.1, 0.15) is 0 Å². The maximum Gasteiger partial charge on any atom is 0.231 e. The minimum absolute atomic E-state index is 0.0782. The molecule has 0 spiro atoms. The van der Waals surface area contributed by atoms with Crippen molar-refractivity contribution in [2.45, 2.75) is 13.3 Å². The molecule has 0 radical (unpaired) electrons. The molecule has 0 saturated carbocycles. The average Bonchev–Trinajstić information content (AvgIpc) is 2.48. The van der Waals surface area contributed by atoms with Gasteiger partial charge in [-0.05, 0) is 14.0 Å². The molecule has 0 atom stereocenters. The van der Waals surface area contributed by atoms with Gasteiger partial charge in [0.05, 0.1) is 5.69 Å². The highest BCUT2D eigenvalue weighted by molar-refractivity contribution is 5.89. The first kappa shape index (κ1) is 9.73. The van der Waals surface area contributed by atoms with Crippen molar-refractivity contribution in [3.05, 3.63) is 11.8 Å². The summed E-state index contributed by atoms with van der Waals surface area (Å²) in [5.74, 6) is 0.323. The van der Waals surface area contributed by atoms with E-state index < -0.39 is 0 Å². The zero-order valence-corrected chi connectivity index (χ0v) is 7.76. The molecule has 0 unspecified atom stereocenters. The molecule has 0 aliphatic carbocycles. The van der Waals surface area contributed by atoms with E-state index in [1.807, 2.05) is 0 Å². The van der Waals surface area contributed by atoms with Gasteiger partial charge >= 0.3 is 0 Å². The maximum atomic E-state index is 11.1. The Morgan fingerprint density at radius 1 is 1.69 bits per heavy atom. The Hall–Kier alpha value is -1.36. The minimum atomic E-state index is -0.0782. The lowest BCUT2D eigenvalue weighted by Gasteiger charge is -1.99. The van der Waals surface area contributed by atoms with Crippen LogP contribution < -0.4 is 10.6 Å². The number of aromatic nitrogens is 1. The molecule has 2 N–H and O–H groups in total. The molecule has 0 bridgehead atoms. The number of anilines is 1. The minimum Gasteiger partial charge on any atom is -0.338 e. The summed E-state index contributed by atoms with van der Waals surface area (Å²) in [5.41, 5.74) is 0.754. The highest BCUT2D eigenvalue weighted by Gasteiger charge is 2.04. The molecule has 5 heteroatoms. The molecule has 1 aromatic heterocycles. The second kappa shape index (κ2) is 4.61. The summed E-state index contributed by atoms with van der Waals surface area (Å²) in [7, 11) is 1.80. The summed E-state index contributed by atoms with van der Waals surface area (Å²) in [6.07, 6.45) is 0.427. The second-order valence-electron chi connectivity index (χ2n) is 2.73. The van der Waals surface area contributed by atoms with Crippen LogP contribution in [0.5, 0.6) is 0 Å². The topological polar surface area (TPSA) is 67.2 Å². The van der Waals surface area contributed by atoms with E-state index in [-0.39, 0.29) is 5.91 Å². The van der Waals surface area contributed by atoms with E-state index in [0.717, 1.165) is 5.69 Å². The Labute approximate surface area is 76.5 Å². The highest BCUT2D eigenvalue weighted by Crippen LogP contribution is 2.07. The monoisotopic (exact) mass is 183 g/mol. The number of hydrogen-bond donors (Lipinski definition) is 2. The zero-order chi connectivity index (χ0) is 9.68. The molecule has 72 valence electrons. The van der Waals surface area contributed by atoms with Crippen molar-refractivity contribution in [3.63, 3.8) is 0 Å². The van der Waals surface area contributed by atoms with Crippen molar-refractivity contribution in [1.82, 2.24) is 10.5 Å². The molecular formula is C8H13N3O2. The van der Waals surface area contributed by atoms with Crippen LogP contribution in [0.3, 0.4) is 0 Å². The van der Waals surface area contributed by atoms with Gasteiger partial charge in [0.25, 0.3) is 0 Å². The number of nitrogens with zero attached hydrogens (tertiary/aromatic N) is 1. The first-order valence-electron chi connectivity index (χ1n) is 4.10. The largest absolute Gasteiger partial charge is 0.338 e. The van der Waals surface area contributed by atoms with Crippen molar-refractivity contribution < 1.29 is 9.32 Å². The summed E-state index contributed by atoms with van der Waals surface area (Å²) < 4.78 is 4.81. The van der Waals surface area contributed by atoms with E-state index in [1.165, 1.54) is 0 Å². The molecule has 1 aromatic rings. The molecular weight excluding hydrogens is 170 g/mol. The van der Waals surface area contributed by atoms with Gasteiger partial charge in [-0.1, -0.05) is 5.16 Å². The number of amides is 1. The van der Waals surface area contributed by atoms with E-state index in [0.29, 0.717) is 18.8 Å². The van der Waals surface area contributed by atoms with Crippen LogP contribution in [0.25, 0.3) is 0 Å². The predicted octanol–water partition coefficient (Wildman–Crippen LogP) is 0.531. The van der Waals surface area contributed by atoms with Crippen molar-refractivity contribution in [2.24, 2.45) is 0 Å². The van der Waals surface area contributed by atoms with Crippen LogP contribution in [0.2, 0.25) is 0 Å². The molecule has 1 heterocycles. The molecule has 0 saturated heterocycles. The summed E-state index contributed by atoms with van der Waals surface area (Å²) in [5, 5.41) is 9.12. The van der Waals surface area contributed by atoms with Crippen molar-refractivity contribution in [3.8, 4) is 0 Å². The molecule has 5 nitrogen and oxygen atoms in total. The summed E-state index contributed by atoms with van der Waals surface area (Å²) >= 11 is 0. The molecule has 0 fully saturated rings. The Kier molecular flexibility index (Phi) is 3.45. The molecule has 0 aliphatic heterocycles. The van der Waals surface area contributed by atoms with Gasteiger partial charge in [-0.15, -0.1) is 0 Å². The third-order valence-corrected chi connectivity index (χ3v) is 1.49. The van der Waals surface area contributed by atoms with E-state index in [9.17, 15) is 4.79 Å². The van der Waals surface area contributed by atoms with Crippen LogP contribution in [0.1, 0.15) is 12.1 Å². The fourth-order valence-electron chi connectivity index (χ4n) is 0.861. The van der Waals surface area contributed by atoms with Crippen LogP contribution in [0.15, 0.2) is 10.6 Å². The smallest absolute Gasteiger partial charge is 0.231 e. The van der Waals surface area contributed by atoms with Gasteiger partial charge in [0, 0.05) is 19.0 Å². The Morgan fingerprint density at radius 3 is 3.00 bits per heavy atom.